The third kappa shape index (κ3) is 6.79. The zero-order valence-corrected chi connectivity index (χ0v) is 20.7. The Kier molecular flexibility index (Phi) is 8.59. The van der Waals surface area contributed by atoms with Gasteiger partial charge in [0.25, 0.3) is 11.8 Å². The summed E-state index contributed by atoms with van der Waals surface area (Å²) in [5, 5.41) is 6.73. The molecule has 0 bridgehead atoms. The van der Waals surface area contributed by atoms with Gasteiger partial charge in [0.05, 0.1) is 17.8 Å². The minimum atomic E-state index is -0.551. The van der Waals surface area contributed by atoms with Crippen LogP contribution in [0, 0.1) is 0 Å². The molecule has 3 aromatic carbocycles. The van der Waals surface area contributed by atoms with Gasteiger partial charge in [-0.15, -0.1) is 0 Å². The summed E-state index contributed by atoms with van der Waals surface area (Å²) in [5.41, 5.74) is 5.52. The number of hydrogen-bond donors (Lipinski definition) is 2. The lowest BCUT2D eigenvalue weighted by molar-refractivity contribution is -0.117. The predicted molar refractivity (Wildman–Crippen MR) is 139 cm³/mol. The maximum absolute atomic E-state index is 12.9. The van der Waals surface area contributed by atoms with Crippen molar-refractivity contribution in [3.8, 4) is 5.75 Å². The number of halogens is 1. The van der Waals surface area contributed by atoms with Gasteiger partial charge >= 0.3 is 0 Å². The summed E-state index contributed by atoms with van der Waals surface area (Å²) < 4.78 is 5.98. The Balaban J connectivity index is 1.80. The van der Waals surface area contributed by atoms with Gasteiger partial charge in [0.15, 0.2) is 0 Å². The van der Waals surface area contributed by atoms with E-state index in [9.17, 15) is 9.59 Å². The van der Waals surface area contributed by atoms with E-state index in [1.54, 1.807) is 49.6 Å². The van der Waals surface area contributed by atoms with Gasteiger partial charge in [0.1, 0.15) is 11.4 Å². The number of ether oxygens (including phenoxy) is 1. The smallest absolute Gasteiger partial charge is 0.287 e. The molecule has 0 fully saturated rings. The van der Waals surface area contributed by atoms with Gasteiger partial charge in [-0.05, 0) is 75.6 Å². The summed E-state index contributed by atoms with van der Waals surface area (Å²) in [4.78, 5) is 27.6. The van der Waals surface area contributed by atoms with Gasteiger partial charge in [-0.25, -0.2) is 5.43 Å². The zero-order chi connectivity index (χ0) is 24.5. The highest BCUT2D eigenvalue weighted by Crippen LogP contribution is 2.24. The molecular weight excluding hydrogens is 496 g/mol. The minimum absolute atomic E-state index is 0.0690. The van der Waals surface area contributed by atoms with Crippen molar-refractivity contribution in [1.82, 2.24) is 10.7 Å². The average molecular weight is 521 g/mol. The fraction of sp³-hybridized carbons (Fsp3) is 0.115. The fourth-order valence-electron chi connectivity index (χ4n) is 2.97. The molecule has 0 radical (unpaired) electrons. The zero-order valence-electron chi connectivity index (χ0n) is 19.1. The van der Waals surface area contributed by atoms with Crippen molar-refractivity contribution in [2.75, 3.05) is 26.1 Å². The second-order valence-corrected chi connectivity index (χ2v) is 8.31. The molecule has 2 N–H and O–H groups in total. The first kappa shape index (κ1) is 24.7. The highest BCUT2D eigenvalue weighted by Gasteiger charge is 2.14. The number of anilines is 1. The molecule has 0 saturated carbocycles. The number of hydrazone groups is 1. The lowest BCUT2D eigenvalue weighted by Crippen LogP contribution is -2.32. The van der Waals surface area contributed by atoms with Crippen molar-refractivity contribution in [3.05, 3.63) is 99.7 Å². The number of rotatable bonds is 8. The first-order chi connectivity index (χ1) is 16.4. The van der Waals surface area contributed by atoms with Gasteiger partial charge in [-0.1, -0.05) is 30.3 Å². The van der Waals surface area contributed by atoms with E-state index in [1.807, 2.05) is 55.4 Å². The van der Waals surface area contributed by atoms with Crippen LogP contribution >= 0.6 is 15.9 Å². The van der Waals surface area contributed by atoms with E-state index in [1.165, 1.54) is 6.21 Å². The van der Waals surface area contributed by atoms with Crippen molar-refractivity contribution in [2.45, 2.75) is 0 Å². The summed E-state index contributed by atoms with van der Waals surface area (Å²) in [6.45, 7) is 0. The Morgan fingerprint density at radius 2 is 1.65 bits per heavy atom. The predicted octanol–water partition coefficient (Wildman–Crippen LogP) is 4.44. The molecule has 0 heterocycles. The van der Waals surface area contributed by atoms with Crippen LogP contribution in [0.4, 0.5) is 5.69 Å². The van der Waals surface area contributed by atoms with Gasteiger partial charge in [-0.2, -0.15) is 5.10 Å². The van der Waals surface area contributed by atoms with Crippen LogP contribution < -0.4 is 20.4 Å². The molecule has 0 aromatic heterocycles. The number of amides is 2. The number of methoxy groups -OCH3 is 1. The van der Waals surface area contributed by atoms with E-state index >= 15 is 0 Å². The first-order valence-corrected chi connectivity index (χ1v) is 11.2. The molecule has 3 rings (SSSR count). The number of nitrogens with one attached hydrogen (secondary N) is 2. The lowest BCUT2D eigenvalue weighted by Gasteiger charge is -2.12. The van der Waals surface area contributed by atoms with Crippen molar-refractivity contribution in [2.24, 2.45) is 5.10 Å². The maximum atomic E-state index is 12.9. The van der Waals surface area contributed by atoms with E-state index in [2.05, 4.69) is 31.8 Å². The number of carbonyl (C=O) groups is 2. The fourth-order valence-corrected chi connectivity index (χ4v) is 3.52. The van der Waals surface area contributed by atoms with Crippen molar-refractivity contribution < 1.29 is 14.3 Å². The summed E-state index contributed by atoms with van der Waals surface area (Å²) in [7, 11) is 5.48. The van der Waals surface area contributed by atoms with E-state index in [4.69, 9.17) is 4.74 Å². The molecule has 0 aliphatic rings. The van der Waals surface area contributed by atoms with Crippen LogP contribution in [0.15, 0.2) is 88.1 Å². The largest absolute Gasteiger partial charge is 0.496 e. The molecule has 2 amide bonds. The van der Waals surface area contributed by atoms with Crippen LogP contribution in [-0.2, 0) is 4.79 Å². The van der Waals surface area contributed by atoms with Crippen molar-refractivity contribution in [3.63, 3.8) is 0 Å². The van der Waals surface area contributed by atoms with Crippen molar-refractivity contribution in [1.29, 1.82) is 0 Å². The molecule has 3 aromatic rings. The second-order valence-electron chi connectivity index (χ2n) is 7.46. The molecule has 0 unspecified atom stereocenters. The van der Waals surface area contributed by atoms with E-state index in [0.717, 1.165) is 21.3 Å². The number of hydrogen-bond acceptors (Lipinski definition) is 5. The summed E-state index contributed by atoms with van der Waals surface area (Å²) in [5.74, 6) is -0.255. The highest BCUT2D eigenvalue weighted by molar-refractivity contribution is 9.10. The van der Waals surface area contributed by atoms with Crippen LogP contribution in [0.3, 0.4) is 0 Å². The standard InChI is InChI=1S/C26H25BrN4O3/c1-31(2)21-12-9-18(10-13-21)16-23(29-25(32)20-7-5-4-6-8-20)26(33)30-28-17-19-11-14-24(34-3)22(27)15-19/h4-17H,1-3H3,(H,29,32)(H,30,33)/b23-16-,28-17-. The lowest BCUT2D eigenvalue weighted by atomic mass is 10.1. The Hall–Kier alpha value is -3.91. The molecule has 8 heteroatoms. The van der Waals surface area contributed by atoms with Gasteiger partial charge in [0, 0.05) is 25.3 Å². The normalized spacial score (nSPS) is 11.2. The Morgan fingerprint density at radius 1 is 0.971 bits per heavy atom. The summed E-state index contributed by atoms with van der Waals surface area (Å²) >= 11 is 3.42. The minimum Gasteiger partial charge on any atom is -0.496 e. The Morgan fingerprint density at radius 3 is 2.26 bits per heavy atom. The third-order valence-corrected chi connectivity index (χ3v) is 5.42. The molecule has 7 nitrogen and oxygen atoms in total. The maximum Gasteiger partial charge on any atom is 0.287 e. The van der Waals surface area contributed by atoms with E-state index in [-0.39, 0.29) is 5.70 Å². The molecule has 34 heavy (non-hydrogen) atoms. The van der Waals surface area contributed by atoms with Gasteiger partial charge in [0.2, 0.25) is 0 Å². The number of nitrogens with zero attached hydrogens (tertiary/aromatic N) is 2. The topological polar surface area (TPSA) is 83.0 Å². The number of benzene rings is 3. The molecule has 0 aliphatic carbocycles. The van der Waals surface area contributed by atoms with Crippen LogP contribution in [0.5, 0.6) is 5.75 Å². The second kappa shape index (κ2) is 11.8. The third-order valence-electron chi connectivity index (χ3n) is 4.80. The summed E-state index contributed by atoms with van der Waals surface area (Å²) in [6, 6.07) is 21.7. The SMILES string of the molecule is COc1ccc(/C=N\NC(=O)/C(=C/c2ccc(N(C)C)cc2)NC(=O)c2ccccc2)cc1Br. The van der Waals surface area contributed by atoms with E-state index in [0.29, 0.717) is 11.3 Å². The Labute approximate surface area is 207 Å². The molecule has 0 spiro atoms. The number of carbonyl (C=O) groups excluding carboxylic acids is 2. The van der Waals surface area contributed by atoms with E-state index < -0.39 is 11.8 Å². The monoisotopic (exact) mass is 520 g/mol. The first-order valence-electron chi connectivity index (χ1n) is 10.4. The highest BCUT2D eigenvalue weighted by atomic mass is 79.9. The van der Waals surface area contributed by atoms with Crippen LogP contribution in [0.25, 0.3) is 6.08 Å². The van der Waals surface area contributed by atoms with Crippen LogP contribution in [0.2, 0.25) is 0 Å². The van der Waals surface area contributed by atoms with Crippen LogP contribution in [-0.4, -0.2) is 39.2 Å². The van der Waals surface area contributed by atoms with Gasteiger partial charge < -0.3 is 15.0 Å². The van der Waals surface area contributed by atoms with Crippen LogP contribution in [0.1, 0.15) is 21.5 Å². The Bertz CT molecular complexity index is 1210. The molecular formula is C26H25BrN4O3. The molecule has 0 saturated heterocycles. The summed E-state index contributed by atoms with van der Waals surface area (Å²) in [6.07, 6.45) is 3.11. The van der Waals surface area contributed by atoms with Gasteiger partial charge in [-0.3, -0.25) is 9.59 Å². The molecule has 0 atom stereocenters. The molecule has 174 valence electrons. The molecule has 0 aliphatic heterocycles. The average Bonchev–Trinajstić information content (AvgIpc) is 2.84. The van der Waals surface area contributed by atoms with Crippen molar-refractivity contribution >= 4 is 45.7 Å². The quantitative estimate of drug-likeness (QED) is 0.261.